The van der Waals surface area contributed by atoms with E-state index in [9.17, 15) is 5.11 Å². The van der Waals surface area contributed by atoms with Gasteiger partial charge in [0, 0.05) is 12.0 Å². The summed E-state index contributed by atoms with van der Waals surface area (Å²) in [5.41, 5.74) is 7.19. The zero-order valence-corrected chi connectivity index (χ0v) is 8.35. The minimum atomic E-state index is -0.434. The SMILES string of the molecule is OC1NNC2NC(c3ccccc3)CC12. The van der Waals surface area contributed by atoms with Crippen LogP contribution < -0.4 is 16.2 Å². The van der Waals surface area contributed by atoms with E-state index in [4.69, 9.17) is 0 Å². The zero-order valence-electron chi connectivity index (χ0n) is 8.35. The number of rotatable bonds is 1. The summed E-state index contributed by atoms with van der Waals surface area (Å²) in [6.07, 6.45) is 0.719. The molecule has 4 N–H and O–H groups in total. The van der Waals surface area contributed by atoms with Gasteiger partial charge in [-0.2, -0.15) is 0 Å². The molecule has 2 heterocycles. The molecule has 4 atom stereocenters. The molecule has 4 heteroatoms. The van der Waals surface area contributed by atoms with Crippen LogP contribution in [-0.2, 0) is 0 Å². The molecule has 1 aromatic carbocycles. The maximum Gasteiger partial charge on any atom is 0.122 e. The van der Waals surface area contributed by atoms with Gasteiger partial charge in [-0.15, -0.1) is 0 Å². The molecule has 3 rings (SSSR count). The highest BCUT2D eigenvalue weighted by Crippen LogP contribution is 2.33. The second-order valence-corrected chi connectivity index (χ2v) is 4.24. The normalized spacial score (nSPS) is 39.3. The molecule has 2 aliphatic rings. The minimum absolute atomic E-state index is 0.185. The fourth-order valence-electron chi connectivity index (χ4n) is 2.48. The smallest absolute Gasteiger partial charge is 0.122 e. The Hall–Kier alpha value is -0.940. The van der Waals surface area contributed by atoms with Crippen LogP contribution in [0.5, 0.6) is 0 Å². The summed E-state index contributed by atoms with van der Waals surface area (Å²) in [6, 6.07) is 10.7. The molecule has 0 aromatic heterocycles. The van der Waals surface area contributed by atoms with Crippen LogP contribution in [0.2, 0.25) is 0 Å². The van der Waals surface area contributed by atoms with E-state index in [1.807, 2.05) is 18.2 Å². The first-order chi connectivity index (χ1) is 7.34. The predicted octanol–water partition coefficient (Wildman–Crippen LogP) is 0.0895. The number of hydrogen-bond donors (Lipinski definition) is 4. The van der Waals surface area contributed by atoms with Crippen LogP contribution in [0.15, 0.2) is 30.3 Å². The lowest BCUT2D eigenvalue weighted by Crippen LogP contribution is -2.40. The molecule has 80 valence electrons. The van der Waals surface area contributed by atoms with Gasteiger partial charge in [0.1, 0.15) is 6.23 Å². The average molecular weight is 205 g/mol. The van der Waals surface area contributed by atoms with Crippen LogP contribution in [0.1, 0.15) is 18.0 Å². The number of hydrogen-bond acceptors (Lipinski definition) is 4. The van der Waals surface area contributed by atoms with E-state index in [0.717, 1.165) is 6.42 Å². The summed E-state index contributed by atoms with van der Waals surface area (Å²) in [5.74, 6) is 0.259. The lowest BCUT2D eigenvalue weighted by atomic mass is 9.99. The third-order valence-corrected chi connectivity index (χ3v) is 3.31. The first kappa shape index (κ1) is 9.30. The second kappa shape index (κ2) is 3.57. The van der Waals surface area contributed by atoms with E-state index >= 15 is 0 Å². The monoisotopic (exact) mass is 205 g/mol. The van der Waals surface area contributed by atoms with Gasteiger partial charge < -0.3 is 5.11 Å². The lowest BCUT2D eigenvalue weighted by molar-refractivity contribution is 0.108. The zero-order chi connectivity index (χ0) is 10.3. The third kappa shape index (κ3) is 1.55. The van der Waals surface area contributed by atoms with Gasteiger partial charge in [0.2, 0.25) is 0 Å². The number of fused-ring (bicyclic) bond motifs is 1. The summed E-state index contributed by atoms with van der Waals surface area (Å²) in [6.45, 7) is 0. The summed E-state index contributed by atoms with van der Waals surface area (Å²) in [4.78, 5) is 0. The van der Waals surface area contributed by atoms with Crippen molar-refractivity contribution in [1.29, 1.82) is 0 Å². The molecule has 15 heavy (non-hydrogen) atoms. The highest BCUT2D eigenvalue weighted by Gasteiger charge is 2.42. The summed E-state index contributed by atoms with van der Waals surface area (Å²) >= 11 is 0. The maximum atomic E-state index is 9.65. The van der Waals surface area contributed by atoms with Crippen molar-refractivity contribution in [3.8, 4) is 0 Å². The minimum Gasteiger partial charge on any atom is -0.377 e. The summed E-state index contributed by atoms with van der Waals surface area (Å²) in [7, 11) is 0. The van der Waals surface area contributed by atoms with Gasteiger partial charge in [-0.05, 0) is 12.0 Å². The van der Waals surface area contributed by atoms with Crippen molar-refractivity contribution in [2.45, 2.75) is 24.9 Å². The summed E-state index contributed by atoms with van der Waals surface area (Å²) < 4.78 is 0. The Bertz CT molecular complexity index is 343. The Morgan fingerprint density at radius 2 is 1.93 bits per heavy atom. The molecule has 4 unspecified atom stereocenters. The van der Waals surface area contributed by atoms with Crippen molar-refractivity contribution in [2.75, 3.05) is 0 Å². The third-order valence-electron chi connectivity index (χ3n) is 3.31. The van der Waals surface area contributed by atoms with Crippen LogP contribution in [0.3, 0.4) is 0 Å². The largest absolute Gasteiger partial charge is 0.377 e. The number of nitrogens with one attached hydrogen (secondary N) is 3. The second-order valence-electron chi connectivity index (χ2n) is 4.24. The van der Waals surface area contributed by atoms with E-state index in [2.05, 4.69) is 28.3 Å². The molecule has 0 amide bonds. The van der Waals surface area contributed by atoms with Crippen molar-refractivity contribution in [2.24, 2.45) is 5.92 Å². The van der Waals surface area contributed by atoms with E-state index in [-0.39, 0.29) is 12.1 Å². The molecular formula is C11H15N3O. The maximum absolute atomic E-state index is 9.65. The molecule has 4 nitrogen and oxygen atoms in total. The van der Waals surface area contributed by atoms with E-state index < -0.39 is 6.23 Å². The van der Waals surface area contributed by atoms with Crippen LogP contribution in [0.4, 0.5) is 0 Å². The van der Waals surface area contributed by atoms with Crippen LogP contribution >= 0.6 is 0 Å². The first-order valence-corrected chi connectivity index (χ1v) is 5.35. The molecule has 2 saturated heterocycles. The fourth-order valence-corrected chi connectivity index (χ4v) is 2.48. The number of aliphatic hydroxyl groups excluding tert-OH is 1. The van der Waals surface area contributed by atoms with Crippen molar-refractivity contribution < 1.29 is 5.11 Å². The van der Waals surface area contributed by atoms with E-state index in [1.165, 1.54) is 5.56 Å². The van der Waals surface area contributed by atoms with E-state index in [1.54, 1.807) is 0 Å². The Kier molecular flexibility index (Phi) is 2.21. The van der Waals surface area contributed by atoms with Gasteiger partial charge >= 0.3 is 0 Å². The average Bonchev–Trinajstić information content (AvgIpc) is 2.83. The molecule has 0 radical (unpaired) electrons. The van der Waals surface area contributed by atoms with E-state index in [0.29, 0.717) is 6.04 Å². The Morgan fingerprint density at radius 3 is 2.67 bits per heavy atom. The molecular weight excluding hydrogens is 190 g/mol. The van der Waals surface area contributed by atoms with Gasteiger partial charge in [0.05, 0.1) is 6.17 Å². The topological polar surface area (TPSA) is 56.3 Å². The van der Waals surface area contributed by atoms with Gasteiger partial charge in [0.15, 0.2) is 0 Å². The Morgan fingerprint density at radius 1 is 1.13 bits per heavy atom. The molecule has 0 saturated carbocycles. The molecule has 2 aliphatic heterocycles. The Labute approximate surface area is 88.7 Å². The quantitative estimate of drug-likeness (QED) is 0.525. The van der Waals surface area contributed by atoms with Crippen LogP contribution in [0, 0.1) is 5.92 Å². The lowest BCUT2D eigenvalue weighted by Gasteiger charge is -2.14. The van der Waals surface area contributed by atoms with Crippen molar-refractivity contribution in [1.82, 2.24) is 16.2 Å². The highest BCUT2D eigenvalue weighted by atomic mass is 16.3. The molecule has 1 aromatic rings. The molecule has 0 spiro atoms. The predicted molar refractivity (Wildman–Crippen MR) is 56.5 cm³/mol. The Balaban J connectivity index is 1.77. The standard InChI is InChI=1S/C11H15N3O/c15-11-8-6-9(12-10(8)13-14-11)7-4-2-1-3-5-7/h1-5,8-15H,6H2. The summed E-state index contributed by atoms with van der Waals surface area (Å²) in [5, 5.41) is 13.1. The van der Waals surface area contributed by atoms with Crippen molar-refractivity contribution in [3.05, 3.63) is 35.9 Å². The van der Waals surface area contributed by atoms with Gasteiger partial charge in [-0.1, -0.05) is 30.3 Å². The fraction of sp³-hybridized carbons (Fsp3) is 0.455. The van der Waals surface area contributed by atoms with Crippen molar-refractivity contribution in [3.63, 3.8) is 0 Å². The van der Waals surface area contributed by atoms with Crippen LogP contribution in [-0.4, -0.2) is 17.5 Å². The van der Waals surface area contributed by atoms with Gasteiger partial charge in [-0.3, -0.25) is 5.32 Å². The van der Waals surface area contributed by atoms with Gasteiger partial charge in [-0.25, -0.2) is 10.9 Å². The van der Waals surface area contributed by atoms with Crippen molar-refractivity contribution >= 4 is 0 Å². The number of aliphatic hydroxyl groups is 1. The van der Waals surface area contributed by atoms with Crippen LogP contribution in [0.25, 0.3) is 0 Å². The van der Waals surface area contributed by atoms with Gasteiger partial charge in [0.25, 0.3) is 0 Å². The molecule has 0 aliphatic carbocycles. The number of hydrazine groups is 1. The number of benzene rings is 1. The molecule has 2 fully saturated rings. The first-order valence-electron chi connectivity index (χ1n) is 5.35. The highest BCUT2D eigenvalue weighted by molar-refractivity contribution is 5.21. The molecule has 0 bridgehead atoms.